The zero-order chi connectivity index (χ0) is 17.0. The van der Waals surface area contributed by atoms with Crippen molar-refractivity contribution in [2.24, 2.45) is 0 Å². The summed E-state index contributed by atoms with van der Waals surface area (Å²) in [6.45, 7) is 1.71. The van der Waals surface area contributed by atoms with E-state index in [9.17, 15) is 1.23 Å². The SMILES string of the molecule is [2H]C(C)(O[Si]([2H])(c1ccccc1)c1ccccc1)c1ccccc1. The van der Waals surface area contributed by atoms with Gasteiger partial charge in [0.15, 0.2) is 0 Å². The predicted octanol–water partition coefficient (Wildman–Crippen LogP) is 3.30. The highest BCUT2D eigenvalue weighted by Gasteiger charge is 2.20. The zero-order valence-electron chi connectivity index (χ0n) is 14.6. The van der Waals surface area contributed by atoms with Crippen LogP contribution in [0.5, 0.6) is 0 Å². The summed E-state index contributed by atoms with van der Waals surface area (Å²) < 4.78 is 24.2. The fourth-order valence-electron chi connectivity index (χ4n) is 2.35. The van der Waals surface area contributed by atoms with Crippen molar-refractivity contribution in [3.8, 4) is 0 Å². The molecule has 1 unspecified atom stereocenters. The Bertz CT molecular complexity index is 737. The highest BCUT2D eigenvalue weighted by Crippen LogP contribution is 2.17. The highest BCUT2D eigenvalue weighted by atomic mass is 28.3. The Morgan fingerprint density at radius 2 is 1.18 bits per heavy atom. The molecule has 0 saturated carbocycles. The van der Waals surface area contributed by atoms with Gasteiger partial charge < -0.3 is 4.43 Å². The van der Waals surface area contributed by atoms with Crippen molar-refractivity contribution in [1.29, 1.82) is 1.23 Å². The lowest BCUT2D eigenvalue weighted by molar-refractivity contribution is 0.237. The smallest absolute Gasteiger partial charge is 0.240 e. The van der Waals surface area contributed by atoms with Gasteiger partial charge >= 0.3 is 0 Å². The molecule has 22 heavy (non-hydrogen) atoms. The molecule has 0 N–H and O–H groups in total. The van der Waals surface area contributed by atoms with Gasteiger partial charge in [-0.25, -0.2) is 0 Å². The molecule has 0 saturated heterocycles. The molecule has 3 rings (SSSR count). The first kappa shape index (κ1) is 12.4. The van der Waals surface area contributed by atoms with Gasteiger partial charge in [-0.1, -0.05) is 91.0 Å². The largest absolute Gasteiger partial charge is 0.404 e. The van der Waals surface area contributed by atoms with E-state index in [2.05, 4.69) is 0 Å². The van der Waals surface area contributed by atoms with Gasteiger partial charge in [-0.15, -0.1) is 0 Å². The molecule has 1 atom stereocenters. The molecule has 3 aromatic carbocycles. The molecule has 0 radical (unpaired) electrons. The third-order valence-corrected chi connectivity index (χ3v) is 5.73. The summed E-state index contributed by atoms with van der Waals surface area (Å²) in [6, 6.07) is 28.7. The predicted molar refractivity (Wildman–Crippen MR) is 95.2 cm³/mol. The molecule has 0 amide bonds. The van der Waals surface area contributed by atoms with E-state index in [0.717, 1.165) is 15.9 Å². The molecule has 0 aliphatic heterocycles. The van der Waals surface area contributed by atoms with E-state index in [1.54, 1.807) is 6.92 Å². The second-order valence-corrected chi connectivity index (χ2v) is 7.10. The second kappa shape index (κ2) is 7.21. The molecule has 1 nitrogen and oxygen atoms in total. The standard InChI is InChI=1S/C20H20OSi/c1-17(18-11-5-2-6-12-18)21-22(19-13-7-3-8-14-19)20-15-9-4-10-16-20/h2-17,22H,1H3/i17D,22D. The van der Waals surface area contributed by atoms with Crippen LogP contribution in [0.1, 0.15) is 19.9 Å². The number of hydrogen-bond acceptors (Lipinski definition) is 1. The molecule has 0 spiro atoms. The first-order valence-corrected chi connectivity index (χ1v) is 8.80. The molecule has 0 aromatic heterocycles. The number of benzene rings is 3. The van der Waals surface area contributed by atoms with Crippen molar-refractivity contribution in [1.82, 2.24) is 0 Å². The third-order valence-electron chi connectivity index (χ3n) is 3.51. The zero-order valence-corrected chi connectivity index (χ0v) is 13.6. The molecular weight excluding hydrogens is 284 g/mol. The van der Waals surface area contributed by atoms with Gasteiger partial charge in [0.05, 0.1) is 8.69 Å². The Labute approximate surface area is 136 Å². The Balaban J connectivity index is 2.06. The number of rotatable bonds is 5. The van der Waals surface area contributed by atoms with E-state index in [4.69, 9.17) is 5.80 Å². The molecule has 110 valence electrons. The molecule has 2 heteroatoms. The summed E-state index contributed by atoms with van der Waals surface area (Å²) in [4.78, 5) is 0. The average Bonchev–Trinajstić information content (AvgIpc) is 2.63. The van der Waals surface area contributed by atoms with Gasteiger partial charge in [0.1, 0.15) is 0 Å². The van der Waals surface area contributed by atoms with Crippen LogP contribution in [0, 0.1) is 0 Å². The highest BCUT2D eigenvalue weighted by molar-refractivity contribution is 6.80. The molecule has 0 aliphatic carbocycles. The summed E-state index contributed by atoms with van der Waals surface area (Å²) >= 11 is 0. The van der Waals surface area contributed by atoms with E-state index in [-0.39, 0.29) is 0 Å². The van der Waals surface area contributed by atoms with Crippen LogP contribution in [-0.2, 0) is 4.43 Å². The van der Waals surface area contributed by atoms with Gasteiger partial charge in [0.2, 0.25) is 8.97 Å². The minimum absolute atomic E-state index is 0.751. The van der Waals surface area contributed by atoms with Gasteiger partial charge in [0, 0.05) is 0 Å². The van der Waals surface area contributed by atoms with Crippen molar-refractivity contribution in [3.05, 3.63) is 96.6 Å². The second-order valence-electron chi connectivity index (χ2n) is 5.09. The van der Waals surface area contributed by atoms with Crippen molar-refractivity contribution in [3.63, 3.8) is 0 Å². The van der Waals surface area contributed by atoms with E-state index in [0.29, 0.717) is 0 Å². The lowest BCUT2D eigenvalue weighted by atomic mass is 10.1. The maximum Gasteiger partial charge on any atom is 0.240 e. The fraction of sp³-hybridized carbons (Fsp3) is 0.100. The molecular formula is C20H20OSi. The fourth-order valence-corrected chi connectivity index (χ4v) is 4.33. The molecule has 3 aromatic rings. The Hall–Kier alpha value is -2.16. The molecule has 0 bridgehead atoms. The van der Waals surface area contributed by atoms with Crippen molar-refractivity contribution in [2.45, 2.75) is 13.0 Å². The minimum Gasteiger partial charge on any atom is -0.404 e. The van der Waals surface area contributed by atoms with E-state index in [1.807, 2.05) is 91.0 Å². The maximum atomic E-state index is 9.20. The van der Waals surface area contributed by atoms with Crippen LogP contribution >= 0.6 is 0 Å². The van der Waals surface area contributed by atoms with E-state index < -0.39 is 15.1 Å². The molecule has 0 heterocycles. The summed E-state index contributed by atoms with van der Waals surface area (Å²) in [5.74, 6) is 0. The third kappa shape index (κ3) is 3.53. The average molecular weight is 306 g/mol. The van der Waals surface area contributed by atoms with Crippen molar-refractivity contribution >= 4 is 19.3 Å². The topological polar surface area (TPSA) is 9.23 Å². The molecule has 0 aliphatic rings. The van der Waals surface area contributed by atoms with Gasteiger partial charge in [-0.05, 0) is 22.9 Å². The minimum atomic E-state index is -3.26. The van der Waals surface area contributed by atoms with Crippen molar-refractivity contribution < 1.29 is 5.80 Å². The summed E-state index contributed by atoms with van der Waals surface area (Å²) in [7, 11) is -3.26. The van der Waals surface area contributed by atoms with Crippen LogP contribution < -0.4 is 10.4 Å². The van der Waals surface area contributed by atoms with Crippen LogP contribution in [0.4, 0.5) is 0 Å². The lowest BCUT2D eigenvalue weighted by Gasteiger charge is -2.22. The number of hydrogen-bond donors (Lipinski definition) is 0. The van der Waals surface area contributed by atoms with Crippen molar-refractivity contribution in [2.75, 3.05) is 0 Å². The first-order chi connectivity index (χ1) is 11.5. The van der Waals surface area contributed by atoms with Crippen LogP contribution in [0.2, 0.25) is 0 Å². The van der Waals surface area contributed by atoms with Crippen LogP contribution in [0.15, 0.2) is 91.0 Å². The van der Waals surface area contributed by atoms with Crippen LogP contribution in [0.25, 0.3) is 0 Å². The van der Waals surface area contributed by atoms with Crippen LogP contribution in [-0.4, -0.2) is 10.2 Å². The van der Waals surface area contributed by atoms with E-state index in [1.165, 1.54) is 0 Å². The summed E-state index contributed by atoms with van der Waals surface area (Å²) in [6.07, 6.45) is -1.29. The van der Waals surface area contributed by atoms with Gasteiger partial charge in [0.25, 0.3) is 0 Å². The van der Waals surface area contributed by atoms with E-state index >= 15 is 0 Å². The normalized spacial score (nSPS) is 15.5. The Kier molecular flexibility index (Phi) is 4.06. The lowest BCUT2D eigenvalue weighted by Crippen LogP contribution is -2.45. The Morgan fingerprint density at radius 1 is 0.773 bits per heavy atom. The van der Waals surface area contributed by atoms with Gasteiger partial charge in [-0.3, -0.25) is 0 Å². The Morgan fingerprint density at radius 3 is 1.64 bits per heavy atom. The first-order valence-electron chi connectivity index (χ1n) is 8.39. The maximum absolute atomic E-state index is 9.20. The van der Waals surface area contributed by atoms with Crippen LogP contribution in [0.3, 0.4) is 0 Å². The van der Waals surface area contributed by atoms with Gasteiger partial charge in [-0.2, -0.15) is 0 Å². The molecule has 0 fully saturated rings. The quantitative estimate of drug-likeness (QED) is 0.657. The summed E-state index contributed by atoms with van der Waals surface area (Å²) in [5, 5.41) is 1.68. The monoisotopic (exact) mass is 306 g/mol. The summed E-state index contributed by atoms with van der Waals surface area (Å²) in [5.41, 5.74) is 0.751.